The Balaban J connectivity index is 1.91. The van der Waals surface area contributed by atoms with Crippen LogP contribution < -0.4 is 0 Å². The summed E-state index contributed by atoms with van der Waals surface area (Å²) < 4.78 is 22.4. The second-order valence-corrected chi connectivity index (χ2v) is 6.71. The lowest BCUT2D eigenvalue weighted by molar-refractivity contribution is 0.603. The quantitative estimate of drug-likeness (QED) is 0.812. The molecule has 1 aromatic carbocycles. The van der Waals surface area contributed by atoms with Gasteiger partial charge in [-0.25, -0.2) is 8.42 Å². The predicted molar refractivity (Wildman–Crippen MR) is 64.5 cm³/mol. The van der Waals surface area contributed by atoms with E-state index in [1.807, 2.05) is 24.3 Å². The molecule has 4 heteroatoms. The van der Waals surface area contributed by atoms with Crippen LogP contribution in [0, 0.1) is 0 Å². The molecule has 1 aliphatic heterocycles. The maximum absolute atomic E-state index is 11.2. The first-order valence-electron chi connectivity index (χ1n) is 4.72. The van der Waals surface area contributed by atoms with Crippen LogP contribution in [0.1, 0.15) is 5.56 Å². The van der Waals surface area contributed by atoms with Crippen molar-refractivity contribution in [2.45, 2.75) is 5.75 Å². The lowest BCUT2D eigenvalue weighted by Crippen LogP contribution is -2.01. The Morgan fingerprint density at radius 3 is 2.53 bits per heavy atom. The van der Waals surface area contributed by atoms with Crippen LogP contribution >= 0.6 is 11.8 Å². The second-order valence-electron chi connectivity index (χ2n) is 3.50. The van der Waals surface area contributed by atoms with Crippen molar-refractivity contribution in [3.05, 3.63) is 46.9 Å². The molecule has 1 heterocycles. The molecule has 0 atom stereocenters. The molecule has 15 heavy (non-hydrogen) atoms. The maximum Gasteiger partial charge on any atom is 0.158 e. The summed E-state index contributed by atoms with van der Waals surface area (Å²) in [6.45, 7) is 0. The van der Waals surface area contributed by atoms with Crippen molar-refractivity contribution in [1.29, 1.82) is 0 Å². The van der Waals surface area contributed by atoms with Gasteiger partial charge in [-0.15, -0.1) is 11.8 Å². The molecule has 2 rings (SSSR count). The van der Waals surface area contributed by atoms with Crippen LogP contribution in [0.3, 0.4) is 0 Å². The Kier molecular flexibility index (Phi) is 3.17. The van der Waals surface area contributed by atoms with Crippen LogP contribution in [0.15, 0.2) is 41.3 Å². The molecule has 0 aromatic heterocycles. The third kappa shape index (κ3) is 3.11. The molecule has 80 valence electrons. The van der Waals surface area contributed by atoms with Crippen molar-refractivity contribution in [1.82, 2.24) is 0 Å². The molecule has 0 radical (unpaired) electrons. The third-order valence-electron chi connectivity index (χ3n) is 2.19. The first kappa shape index (κ1) is 10.8. The van der Waals surface area contributed by atoms with E-state index in [9.17, 15) is 8.42 Å². The van der Waals surface area contributed by atoms with E-state index < -0.39 is 9.84 Å². The highest BCUT2D eigenvalue weighted by Crippen LogP contribution is 2.26. The van der Waals surface area contributed by atoms with E-state index in [1.54, 1.807) is 11.8 Å². The molecule has 0 amide bonds. The standard InChI is InChI=1S/C11H12O2S2/c12-15(13)7-6-11(9-15)14-8-10-4-2-1-3-5-10/h1-6H,7-9H2. The molecule has 0 aliphatic carbocycles. The summed E-state index contributed by atoms with van der Waals surface area (Å²) in [7, 11) is -2.81. The molecule has 0 saturated heterocycles. The van der Waals surface area contributed by atoms with Crippen molar-refractivity contribution < 1.29 is 8.42 Å². The number of hydrogen-bond donors (Lipinski definition) is 0. The summed E-state index contributed by atoms with van der Waals surface area (Å²) in [4.78, 5) is 0.985. The molecule has 0 N–H and O–H groups in total. The smallest absolute Gasteiger partial charge is 0.158 e. The molecule has 0 unspecified atom stereocenters. The minimum atomic E-state index is -2.81. The minimum Gasteiger partial charge on any atom is -0.228 e. The van der Waals surface area contributed by atoms with Gasteiger partial charge in [0.05, 0.1) is 11.5 Å². The summed E-state index contributed by atoms with van der Waals surface area (Å²) in [6.07, 6.45) is 1.82. The summed E-state index contributed by atoms with van der Waals surface area (Å²) in [6, 6.07) is 10.1. The molecular formula is C11H12O2S2. The Bertz CT molecular complexity index is 461. The van der Waals surface area contributed by atoms with Crippen LogP contribution in [0.4, 0.5) is 0 Å². The SMILES string of the molecule is O=S1(=O)CC=C(SCc2ccccc2)C1. The van der Waals surface area contributed by atoms with Crippen molar-refractivity contribution >= 4 is 21.6 Å². The first-order chi connectivity index (χ1) is 7.16. The average molecular weight is 240 g/mol. The van der Waals surface area contributed by atoms with E-state index >= 15 is 0 Å². The fourth-order valence-corrected chi connectivity index (χ4v) is 4.25. The average Bonchev–Trinajstić information content (AvgIpc) is 2.57. The normalized spacial score (nSPS) is 18.8. The third-order valence-corrected chi connectivity index (χ3v) is 4.96. The number of sulfone groups is 1. The van der Waals surface area contributed by atoms with E-state index in [-0.39, 0.29) is 11.5 Å². The largest absolute Gasteiger partial charge is 0.228 e. The molecule has 0 bridgehead atoms. The maximum atomic E-state index is 11.2. The van der Waals surface area contributed by atoms with Crippen LogP contribution in [-0.2, 0) is 15.6 Å². The van der Waals surface area contributed by atoms with Crippen LogP contribution in [-0.4, -0.2) is 19.9 Å². The van der Waals surface area contributed by atoms with Gasteiger partial charge < -0.3 is 0 Å². The number of thioether (sulfide) groups is 1. The molecule has 0 fully saturated rings. The number of benzene rings is 1. The highest BCUT2D eigenvalue weighted by atomic mass is 32.2. The second kappa shape index (κ2) is 4.41. The van der Waals surface area contributed by atoms with E-state index in [0.717, 1.165) is 10.7 Å². The molecule has 1 aliphatic rings. The van der Waals surface area contributed by atoms with Gasteiger partial charge in [-0.1, -0.05) is 36.4 Å². The van der Waals surface area contributed by atoms with Crippen molar-refractivity contribution in [2.75, 3.05) is 11.5 Å². The van der Waals surface area contributed by atoms with Gasteiger partial charge in [0.25, 0.3) is 0 Å². The fourth-order valence-electron chi connectivity index (χ4n) is 1.41. The zero-order valence-corrected chi connectivity index (χ0v) is 9.85. The zero-order valence-electron chi connectivity index (χ0n) is 8.22. The molecule has 0 spiro atoms. The minimum absolute atomic E-state index is 0.212. The summed E-state index contributed by atoms with van der Waals surface area (Å²) in [5.74, 6) is 1.29. The van der Waals surface area contributed by atoms with E-state index in [4.69, 9.17) is 0 Å². The Morgan fingerprint density at radius 2 is 1.93 bits per heavy atom. The van der Waals surface area contributed by atoms with Gasteiger partial charge >= 0.3 is 0 Å². The fraction of sp³-hybridized carbons (Fsp3) is 0.273. The summed E-state index contributed by atoms with van der Waals surface area (Å²) >= 11 is 1.62. The van der Waals surface area contributed by atoms with Gasteiger partial charge in [-0.2, -0.15) is 0 Å². The molecular weight excluding hydrogens is 228 g/mol. The highest BCUT2D eigenvalue weighted by Gasteiger charge is 2.19. The molecule has 2 nitrogen and oxygen atoms in total. The lowest BCUT2D eigenvalue weighted by atomic mass is 10.2. The topological polar surface area (TPSA) is 34.1 Å². The van der Waals surface area contributed by atoms with Crippen LogP contribution in [0.2, 0.25) is 0 Å². The number of rotatable bonds is 3. The monoisotopic (exact) mass is 240 g/mol. The zero-order chi connectivity index (χ0) is 10.7. The molecule has 0 saturated carbocycles. The van der Waals surface area contributed by atoms with Gasteiger partial charge in [0.15, 0.2) is 9.84 Å². The number of hydrogen-bond acceptors (Lipinski definition) is 3. The van der Waals surface area contributed by atoms with Crippen molar-refractivity contribution in [3.63, 3.8) is 0 Å². The molecule has 1 aromatic rings. The van der Waals surface area contributed by atoms with Gasteiger partial charge in [-0.05, 0) is 10.5 Å². The van der Waals surface area contributed by atoms with E-state index in [2.05, 4.69) is 12.1 Å². The van der Waals surface area contributed by atoms with Gasteiger partial charge in [0.1, 0.15) is 0 Å². The Morgan fingerprint density at radius 1 is 1.20 bits per heavy atom. The van der Waals surface area contributed by atoms with E-state index in [0.29, 0.717) is 0 Å². The van der Waals surface area contributed by atoms with Crippen LogP contribution in [0.5, 0.6) is 0 Å². The van der Waals surface area contributed by atoms with Gasteiger partial charge in [0.2, 0.25) is 0 Å². The Hall–Kier alpha value is -0.740. The van der Waals surface area contributed by atoms with E-state index in [1.165, 1.54) is 5.56 Å². The first-order valence-corrected chi connectivity index (χ1v) is 7.53. The highest BCUT2D eigenvalue weighted by molar-refractivity contribution is 8.04. The van der Waals surface area contributed by atoms with Crippen LogP contribution in [0.25, 0.3) is 0 Å². The lowest BCUT2D eigenvalue weighted by Gasteiger charge is -2.01. The predicted octanol–water partition coefficient (Wildman–Crippen LogP) is 2.23. The Labute approximate surface area is 94.3 Å². The van der Waals surface area contributed by atoms with Crippen molar-refractivity contribution in [2.24, 2.45) is 0 Å². The van der Waals surface area contributed by atoms with Gasteiger partial charge in [-0.3, -0.25) is 0 Å². The van der Waals surface area contributed by atoms with Crippen molar-refractivity contribution in [3.8, 4) is 0 Å². The summed E-state index contributed by atoms with van der Waals surface area (Å²) in [5.41, 5.74) is 1.23. The van der Waals surface area contributed by atoms with Gasteiger partial charge in [0, 0.05) is 5.75 Å². The summed E-state index contributed by atoms with van der Waals surface area (Å²) in [5, 5.41) is 0.